The van der Waals surface area contributed by atoms with Gasteiger partial charge in [-0.1, -0.05) is 6.92 Å². The minimum atomic E-state index is -0.168. The highest BCUT2D eigenvalue weighted by Crippen LogP contribution is 2.29. The summed E-state index contributed by atoms with van der Waals surface area (Å²) in [7, 11) is 3.38. The number of anilines is 4. The Morgan fingerprint density at radius 1 is 0.944 bits per heavy atom. The Kier molecular flexibility index (Phi) is 7.93. The molecule has 7 heteroatoms. The second kappa shape index (κ2) is 11.7. The Morgan fingerprint density at radius 2 is 1.64 bits per heavy atom. The average Bonchev–Trinajstić information content (AvgIpc) is 2.92. The van der Waals surface area contributed by atoms with Crippen LogP contribution in [0.1, 0.15) is 23.7 Å². The zero-order valence-corrected chi connectivity index (χ0v) is 20.6. The molecule has 3 N–H and O–H groups in total. The number of ether oxygens (including phenoxy) is 1. The van der Waals surface area contributed by atoms with E-state index in [1.165, 1.54) is 0 Å². The van der Waals surface area contributed by atoms with Gasteiger partial charge in [0.05, 0.1) is 12.6 Å². The number of allylic oxidation sites excluding steroid dienone is 2. The average molecular weight is 480 g/mol. The number of carbonyl (C=O) groups excluding carboxylic acids is 1. The first kappa shape index (κ1) is 24.5. The van der Waals surface area contributed by atoms with Gasteiger partial charge in [0.1, 0.15) is 5.75 Å². The fourth-order valence-corrected chi connectivity index (χ4v) is 3.66. The van der Waals surface area contributed by atoms with Crippen molar-refractivity contribution in [2.45, 2.75) is 13.3 Å². The lowest BCUT2D eigenvalue weighted by Gasteiger charge is -2.12. The summed E-state index contributed by atoms with van der Waals surface area (Å²) in [5, 5.41) is 10.7. The first-order valence-corrected chi connectivity index (χ1v) is 11.7. The predicted octanol–water partition coefficient (Wildman–Crippen LogP) is 6.65. The van der Waals surface area contributed by atoms with Crippen molar-refractivity contribution >= 4 is 45.8 Å². The molecule has 0 saturated carbocycles. The molecule has 0 spiro atoms. The summed E-state index contributed by atoms with van der Waals surface area (Å²) in [5.74, 6) is 0.604. The molecule has 0 fully saturated rings. The molecule has 1 heterocycles. The summed E-state index contributed by atoms with van der Waals surface area (Å²) >= 11 is 0. The van der Waals surface area contributed by atoms with E-state index in [0.717, 1.165) is 45.8 Å². The zero-order valence-electron chi connectivity index (χ0n) is 20.6. The molecule has 0 aliphatic carbocycles. The zero-order chi connectivity index (χ0) is 25.3. The number of amides is 1. The number of fused-ring (bicyclic) bond motifs is 1. The summed E-state index contributed by atoms with van der Waals surface area (Å²) < 4.78 is 5.35. The van der Waals surface area contributed by atoms with Crippen LogP contribution in [0.5, 0.6) is 5.75 Å². The number of aliphatic imine (C=N–C) groups is 1. The van der Waals surface area contributed by atoms with Crippen LogP contribution in [0.2, 0.25) is 0 Å². The topological polar surface area (TPSA) is 87.6 Å². The molecule has 36 heavy (non-hydrogen) atoms. The van der Waals surface area contributed by atoms with Gasteiger partial charge in [0.2, 0.25) is 0 Å². The number of hydrogen-bond acceptors (Lipinski definition) is 6. The van der Waals surface area contributed by atoms with Crippen LogP contribution in [0, 0.1) is 0 Å². The first-order chi connectivity index (χ1) is 17.6. The molecule has 1 amide bonds. The predicted molar refractivity (Wildman–Crippen MR) is 149 cm³/mol. The Hall–Kier alpha value is -4.65. The molecule has 7 nitrogen and oxygen atoms in total. The van der Waals surface area contributed by atoms with Crippen LogP contribution in [0.4, 0.5) is 22.7 Å². The fourth-order valence-electron chi connectivity index (χ4n) is 3.66. The molecular formula is C29H29N5O2. The van der Waals surface area contributed by atoms with Crippen LogP contribution in [0.3, 0.4) is 0 Å². The minimum absolute atomic E-state index is 0.168. The number of aromatic nitrogens is 1. The van der Waals surface area contributed by atoms with Crippen molar-refractivity contribution in [1.82, 2.24) is 4.98 Å². The van der Waals surface area contributed by atoms with E-state index in [1.807, 2.05) is 66.7 Å². The summed E-state index contributed by atoms with van der Waals surface area (Å²) in [6.45, 7) is 2.07. The third kappa shape index (κ3) is 6.07. The van der Waals surface area contributed by atoms with Gasteiger partial charge in [0, 0.05) is 58.9 Å². The molecule has 4 rings (SSSR count). The quantitative estimate of drug-likeness (QED) is 0.234. The van der Waals surface area contributed by atoms with Crippen LogP contribution in [0.15, 0.2) is 95.8 Å². The van der Waals surface area contributed by atoms with Gasteiger partial charge in [0.25, 0.3) is 5.91 Å². The van der Waals surface area contributed by atoms with E-state index in [-0.39, 0.29) is 5.91 Å². The number of rotatable bonds is 9. The van der Waals surface area contributed by atoms with Crippen LogP contribution < -0.4 is 20.7 Å². The largest absolute Gasteiger partial charge is 0.497 e. The number of pyridine rings is 1. The highest BCUT2D eigenvalue weighted by atomic mass is 16.5. The lowest BCUT2D eigenvalue weighted by molar-refractivity contribution is 0.102. The van der Waals surface area contributed by atoms with Gasteiger partial charge in [-0.3, -0.25) is 14.8 Å². The Balaban J connectivity index is 1.40. The maximum Gasteiger partial charge on any atom is 0.255 e. The van der Waals surface area contributed by atoms with Crippen LogP contribution >= 0.6 is 0 Å². The Bertz CT molecular complexity index is 1390. The molecule has 0 saturated heterocycles. The number of nitrogens with one attached hydrogen (secondary N) is 3. The van der Waals surface area contributed by atoms with E-state index in [2.05, 4.69) is 32.9 Å². The summed E-state index contributed by atoms with van der Waals surface area (Å²) in [5.41, 5.74) is 5.95. The van der Waals surface area contributed by atoms with Gasteiger partial charge >= 0.3 is 0 Å². The van der Waals surface area contributed by atoms with Gasteiger partial charge < -0.3 is 20.7 Å². The fraction of sp³-hybridized carbons (Fsp3) is 0.138. The molecule has 1 aromatic heterocycles. The van der Waals surface area contributed by atoms with Crippen molar-refractivity contribution in [1.29, 1.82) is 0 Å². The molecule has 3 aromatic carbocycles. The molecule has 0 radical (unpaired) electrons. The van der Waals surface area contributed by atoms with E-state index in [9.17, 15) is 4.79 Å². The smallest absolute Gasteiger partial charge is 0.255 e. The van der Waals surface area contributed by atoms with Gasteiger partial charge in [-0.05, 0) is 85.3 Å². The third-order valence-electron chi connectivity index (χ3n) is 5.63. The molecule has 182 valence electrons. The maximum atomic E-state index is 12.7. The minimum Gasteiger partial charge on any atom is -0.497 e. The van der Waals surface area contributed by atoms with Crippen molar-refractivity contribution in [3.05, 3.63) is 96.3 Å². The van der Waals surface area contributed by atoms with Gasteiger partial charge in [0.15, 0.2) is 0 Å². The highest BCUT2D eigenvalue weighted by Gasteiger charge is 2.08. The number of carbonyl (C=O) groups is 1. The molecule has 4 aromatic rings. The maximum absolute atomic E-state index is 12.7. The van der Waals surface area contributed by atoms with Crippen molar-refractivity contribution < 1.29 is 9.53 Å². The van der Waals surface area contributed by atoms with Gasteiger partial charge in [-0.15, -0.1) is 0 Å². The summed E-state index contributed by atoms with van der Waals surface area (Å²) in [6, 6.07) is 22.7. The van der Waals surface area contributed by atoms with Gasteiger partial charge in [-0.2, -0.15) is 0 Å². The van der Waals surface area contributed by atoms with Crippen LogP contribution in [0.25, 0.3) is 10.9 Å². The van der Waals surface area contributed by atoms with E-state index in [4.69, 9.17) is 4.74 Å². The third-order valence-corrected chi connectivity index (χ3v) is 5.63. The molecule has 0 aliphatic heterocycles. The van der Waals surface area contributed by atoms with Crippen LogP contribution in [-0.4, -0.2) is 31.3 Å². The molecule has 0 atom stereocenters. The number of hydrogen-bond donors (Lipinski definition) is 3. The molecule has 0 unspecified atom stereocenters. The SMILES string of the molecule is CC/C(=C\C=NC)Nc1ccc(C(=O)Nc2ccc(Nc3ccnc4ccc(OC)cc34)cc2)cc1. The first-order valence-electron chi connectivity index (χ1n) is 11.7. The summed E-state index contributed by atoms with van der Waals surface area (Å²) in [4.78, 5) is 21.1. The van der Waals surface area contributed by atoms with Crippen molar-refractivity contribution in [2.75, 3.05) is 30.1 Å². The Labute approximate surface area is 210 Å². The second-order valence-corrected chi connectivity index (χ2v) is 8.05. The lowest BCUT2D eigenvalue weighted by atomic mass is 10.1. The highest BCUT2D eigenvalue weighted by molar-refractivity contribution is 6.04. The molecular weight excluding hydrogens is 450 g/mol. The standard InChI is InChI=1S/C29H29N5O2/c1-4-21(15-17-30-2)32-22-7-5-20(6-8-22)29(35)34-24-11-9-23(10-12-24)33-28-16-18-31-27-14-13-25(36-3)19-26(27)28/h5-19,32H,4H2,1-3H3,(H,31,33)(H,34,35)/b21-15+,30-17?. The van der Waals surface area contributed by atoms with E-state index in [1.54, 1.807) is 38.7 Å². The molecule has 0 bridgehead atoms. The van der Waals surface area contributed by atoms with Crippen molar-refractivity contribution in [2.24, 2.45) is 4.99 Å². The van der Waals surface area contributed by atoms with Gasteiger partial charge in [-0.25, -0.2) is 0 Å². The second-order valence-electron chi connectivity index (χ2n) is 8.05. The monoisotopic (exact) mass is 479 g/mol. The van der Waals surface area contributed by atoms with E-state index < -0.39 is 0 Å². The van der Waals surface area contributed by atoms with Crippen molar-refractivity contribution in [3.63, 3.8) is 0 Å². The normalized spacial score (nSPS) is 11.5. The van der Waals surface area contributed by atoms with Crippen molar-refractivity contribution in [3.8, 4) is 5.75 Å². The number of nitrogens with zero attached hydrogens (tertiary/aromatic N) is 2. The van der Waals surface area contributed by atoms with E-state index >= 15 is 0 Å². The van der Waals surface area contributed by atoms with Crippen LogP contribution in [-0.2, 0) is 0 Å². The molecule has 0 aliphatic rings. The Morgan fingerprint density at radius 3 is 2.33 bits per heavy atom. The number of benzene rings is 3. The lowest BCUT2D eigenvalue weighted by Crippen LogP contribution is -2.11. The van der Waals surface area contributed by atoms with E-state index in [0.29, 0.717) is 11.3 Å². The number of methoxy groups -OCH3 is 1. The summed E-state index contributed by atoms with van der Waals surface area (Å²) in [6.07, 6.45) is 6.31.